The fourth-order valence-electron chi connectivity index (χ4n) is 2.41. The zero-order chi connectivity index (χ0) is 15.5. The number of ether oxygens (including phenoxy) is 1. The molecule has 5 nitrogen and oxygen atoms in total. The highest BCUT2D eigenvalue weighted by Crippen LogP contribution is 2.33. The maximum atomic E-state index is 12.5. The molecule has 1 unspecified atom stereocenters. The van der Waals surface area contributed by atoms with Gasteiger partial charge in [-0.05, 0) is 19.4 Å². The lowest BCUT2D eigenvalue weighted by Crippen LogP contribution is -2.44. The summed E-state index contributed by atoms with van der Waals surface area (Å²) in [6.45, 7) is 6.71. The van der Waals surface area contributed by atoms with E-state index in [0.29, 0.717) is 26.3 Å². The average molecular weight is 337 g/mol. The van der Waals surface area contributed by atoms with Crippen molar-refractivity contribution in [3.8, 4) is 0 Å². The normalized spacial score (nSPS) is 16.9. The Kier molecular flexibility index (Phi) is 4.95. The van der Waals surface area contributed by atoms with Gasteiger partial charge in [0.1, 0.15) is 16.2 Å². The minimum absolute atomic E-state index is 0.152. The molecule has 1 aliphatic heterocycles. The van der Waals surface area contributed by atoms with Gasteiger partial charge in [-0.1, -0.05) is 18.7 Å². The molecule has 2 aromatic heterocycles. The van der Waals surface area contributed by atoms with E-state index in [1.807, 2.05) is 11.8 Å². The van der Waals surface area contributed by atoms with Gasteiger partial charge in [-0.2, -0.15) is 0 Å². The molecule has 1 aliphatic rings. The van der Waals surface area contributed by atoms with Crippen molar-refractivity contribution >= 4 is 39.2 Å². The SMILES string of the molecule is CCc1cc2c(SC(C)C(=O)N3CCOCC3)ncnc2s1. The Balaban J connectivity index is 1.77. The van der Waals surface area contributed by atoms with Crippen molar-refractivity contribution in [3.63, 3.8) is 0 Å². The standard InChI is InChI=1S/C15H19N3O2S2/c1-3-11-8-12-13(16-9-17-14(12)22-11)21-10(2)15(19)18-4-6-20-7-5-18/h8-10H,3-7H2,1-2H3. The highest BCUT2D eigenvalue weighted by Gasteiger charge is 2.24. The summed E-state index contributed by atoms with van der Waals surface area (Å²) in [6.07, 6.45) is 2.58. The van der Waals surface area contributed by atoms with Gasteiger partial charge in [-0.25, -0.2) is 9.97 Å². The first-order valence-corrected chi connectivity index (χ1v) is 9.15. The minimum Gasteiger partial charge on any atom is -0.378 e. The van der Waals surface area contributed by atoms with Crippen LogP contribution in [-0.2, 0) is 16.0 Å². The number of aromatic nitrogens is 2. The molecule has 0 radical (unpaired) electrons. The number of hydrogen-bond acceptors (Lipinski definition) is 6. The lowest BCUT2D eigenvalue weighted by molar-refractivity contribution is -0.134. The van der Waals surface area contributed by atoms with E-state index in [9.17, 15) is 4.79 Å². The number of aryl methyl sites for hydroxylation is 1. The van der Waals surface area contributed by atoms with Crippen LogP contribution in [0.3, 0.4) is 0 Å². The fourth-order valence-corrected chi connectivity index (χ4v) is 4.39. The Morgan fingerprint density at radius 3 is 2.95 bits per heavy atom. The molecule has 3 rings (SSSR count). The molecule has 3 heterocycles. The maximum Gasteiger partial charge on any atom is 0.235 e. The van der Waals surface area contributed by atoms with E-state index in [1.165, 1.54) is 16.6 Å². The van der Waals surface area contributed by atoms with Crippen molar-refractivity contribution in [1.29, 1.82) is 0 Å². The van der Waals surface area contributed by atoms with Gasteiger partial charge in [-0.15, -0.1) is 11.3 Å². The predicted molar refractivity (Wildman–Crippen MR) is 89.5 cm³/mol. The summed E-state index contributed by atoms with van der Waals surface area (Å²) in [4.78, 5) is 25.4. The Morgan fingerprint density at radius 1 is 1.45 bits per heavy atom. The summed E-state index contributed by atoms with van der Waals surface area (Å²) < 4.78 is 5.30. The van der Waals surface area contributed by atoms with Crippen LogP contribution in [0.4, 0.5) is 0 Å². The first kappa shape index (κ1) is 15.7. The molecule has 0 N–H and O–H groups in total. The number of amides is 1. The summed E-state index contributed by atoms with van der Waals surface area (Å²) in [5, 5.41) is 1.81. The molecule has 0 aromatic carbocycles. The number of carbonyl (C=O) groups is 1. The third-order valence-corrected chi connectivity index (χ3v) is 5.94. The number of morpholine rings is 1. The van der Waals surface area contributed by atoms with Gasteiger partial charge in [0.15, 0.2) is 0 Å². The number of rotatable bonds is 4. The monoisotopic (exact) mass is 337 g/mol. The minimum atomic E-state index is -0.152. The van der Waals surface area contributed by atoms with Crippen LogP contribution in [0.25, 0.3) is 10.2 Å². The molecular formula is C15H19N3O2S2. The van der Waals surface area contributed by atoms with E-state index in [-0.39, 0.29) is 11.2 Å². The van der Waals surface area contributed by atoms with E-state index in [2.05, 4.69) is 23.0 Å². The van der Waals surface area contributed by atoms with Crippen molar-refractivity contribution < 1.29 is 9.53 Å². The quantitative estimate of drug-likeness (QED) is 0.634. The summed E-state index contributed by atoms with van der Waals surface area (Å²) in [7, 11) is 0. The third kappa shape index (κ3) is 3.26. The van der Waals surface area contributed by atoms with Crippen LogP contribution in [0, 0.1) is 0 Å². The summed E-state index contributed by atoms with van der Waals surface area (Å²) in [6, 6.07) is 2.15. The van der Waals surface area contributed by atoms with Crippen molar-refractivity contribution in [2.75, 3.05) is 26.3 Å². The third-order valence-electron chi connectivity index (χ3n) is 3.65. The first-order valence-electron chi connectivity index (χ1n) is 7.45. The smallest absolute Gasteiger partial charge is 0.235 e. The molecule has 22 heavy (non-hydrogen) atoms. The molecule has 0 spiro atoms. The molecule has 1 atom stereocenters. The van der Waals surface area contributed by atoms with Gasteiger partial charge in [0, 0.05) is 23.4 Å². The topological polar surface area (TPSA) is 55.3 Å². The maximum absolute atomic E-state index is 12.5. The van der Waals surface area contributed by atoms with Gasteiger partial charge in [0.25, 0.3) is 0 Å². The molecular weight excluding hydrogens is 318 g/mol. The Morgan fingerprint density at radius 2 is 2.23 bits per heavy atom. The lowest BCUT2D eigenvalue weighted by Gasteiger charge is -2.28. The van der Waals surface area contributed by atoms with Crippen LogP contribution in [0.15, 0.2) is 17.4 Å². The molecule has 2 aromatic rings. The highest BCUT2D eigenvalue weighted by atomic mass is 32.2. The van der Waals surface area contributed by atoms with E-state index in [4.69, 9.17) is 4.74 Å². The molecule has 0 bridgehead atoms. The Bertz CT molecular complexity index is 668. The van der Waals surface area contributed by atoms with Gasteiger partial charge in [0.2, 0.25) is 5.91 Å². The average Bonchev–Trinajstić information content (AvgIpc) is 2.99. The van der Waals surface area contributed by atoms with Crippen molar-refractivity contribution in [1.82, 2.24) is 14.9 Å². The van der Waals surface area contributed by atoms with Crippen LogP contribution < -0.4 is 0 Å². The highest BCUT2D eigenvalue weighted by molar-refractivity contribution is 8.00. The number of thiophene rings is 1. The van der Waals surface area contributed by atoms with E-state index < -0.39 is 0 Å². The summed E-state index contributed by atoms with van der Waals surface area (Å²) in [5.41, 5.74) is 0. The van der Waals surface area contributed by atoms with Gasteiger partial charge in [0.05, 0.1) is 18.5 Å². The molecule has 118 valence electrons. The second-order valence-electron chi connectivity index (χ2n) is 5.16. The summed E-state index contributed by atoms with van der Waals surface area (Å²) in [5.74, 6) is 0.158. The molecule has 1 amide bonds. The van der Waals surface area contributed by atoms with Gasteiger partial charge >= 0.3 is 0 Å². The van der Waals surface area contributed by atoms with Crippen molar-refractivity contribution in [2.24, 2.45) is 0 Å². The zero-order valence-electron chi connectivity index (χ0n) is 12.7. The van der Waals surface area contributed by atoms with Crippen LogP contribution in [0.1, 0.15) is 18.7 Å². The Hall–Kier alpha value is -1.18. The van der Waals surface area contributed by atoms with E-state index in [0.717, 1.165) is 21.7 Å². The second-order valence-corrected chi connectivity index (χ2v) is 7.61. The Labute approximate surface area is 138 Å². The molecule has 7 heteroatoms. The number of fused-ring (bicyclic) bond motifs is 1. The molecule has 1 saturated heterocycles. The number of nitrogens with zero attached hydrogens (tertiary/aromatic N) is 3. The van der Waals surface area contributed by atoms with Crippen LogP contribution in [0.2, 0.25) is 0 Å². The first-order chi connectivity index (χ1) is 10.7. The second kappa shape index (κ2) is 6.93. The summed E-state index contributed by atoms with van der Waals surface area (Å²) >= 11 is 3.22. The van der Waals surface area contributed by atoms with E-state index in [1.54, 1.807) is 17.7 Å². The molecule has 0 aliphatic carbocycles. The molecule has 0 saturated carbocycles. The zero-order valence-corrected chi connectivity index (χ0v) is 14.4. The largest absolute Gasteiger partial charge is 0.378 e. The van der Waals surface area contributed by atoms with Crippen LogP contribution in [0.5, 0.6) is 0 Å². The van der Waals surface area contributed by atoms with Gasteiger partial charge in [-0.3, -0.25) is 4.79 Å². The van der Waals surface area contributed by atoms with Crippen LogP contribution in [-0.4, -0.2) is 52.3 Å². The fraction of sp³-hybridized carbons (Fsp3) is 0.533. The van der Waals surface area contributed by atoms with Gasteiger partial charge < -0.3 is 9.64 Å². The van der Waals surface area contributed by atoms with E-state index >= 15 is 0 Å². The molecule has 1 fully saturated rings. The van der Waals surface area contributed by atoms with Crippen molar-refractivity contribution in [3.05, 3.63) is 17.3 Å². The lowest BCUT2D eigenvalue weighted by atomic mass is 10.3. The van der Waals surface area contributed by atoms with Crippen LogP contribution >= 0.6 is 23.1 Å². The predicted octanol–water partition coefficient (Wildman–Crippen LogP) is 2.59. The van der Waals surface area contributed by atoms with Crippen molar-refractivity contribution in [2.45, 2.75) is 30.5 Å². The number of thioether (sulfide) groups is 1. The number of hydrogen-bond donors (Lipinski definition) is 0. The number of carbonyl (C=O) groups excluding carboxylic acids is 1.